The second-order valence-electron chi connectivity index (χ2n) is 5.63. The molecule has 1 fully saturated rings. The average Bonchev–Trinajstić information content (AvgIpc) is 2.85. The summed E-state index contributed by atoms with van der Waals surface area (Å²) in [5.41, 5.74) is 1.56. The van der Waals surface area contributed by atoms with E-state index in [-0.39, 0.29) is 18.9 Å². The van der Waals surface area contributed by atoms with Crippen molar-refractivity contribution in [1.29, 1.82) is 0 Å². The van der Waals surface area contributed by atoms with Crippen molar-refractivity contribution in [2.24, 2.45) is 0 Å². The molecule has 0 spiro atoms. The maximum atomic E-state index is 12.1. The Kier molecular flexibility index (Phi) is 4.96. The first-order chi connectivity index (χ1) is 10.0. The van der Waals surface area contributed by atoms with Gasteiger partial charge in [0.05, 0.1) is 18.6 Å². The zero-order valence-corrected chi connectivity index (χ0v) is 12.2. The van der Waals surface area contributed by atoms with E-state index in [9.17, 15) is 9.59 Å². The van der Waals surface area contributed by atoms with Crippen LogP contribution in [0.25, 0.3) is 0 Å². The maximum absolute atomic E-state index is 12.1. The Labute approximate surface area is 124 Å². The third kappa shape index (κ3) is 4.29. The highest BCUT2D eigenvalue weighted by Crippen LogP contribution is 2.23. The topological polar surface area (TPSA) is 75.6 Å². The lowest BCUT2D eigenvalue weighted by molar-refractivity contribution is -0.139. The first-order valence-corrected chi connectivity index (χ1v) is 7.16. The van der Waals surface area contributed by atoms with E-state index in [0.717, 1.165) is 11.1 Å². The molecule has 0 aliphatic carbocycles. The van der Waals surface area contributed by atoms with E-state index in [2.05, 4.69) is 5.32 Å². The van der Waals surface area contributed by atoms with Gasteiger partial charge in [-0.25, -0.2) is 0 Å². The molecule has 0 saturated carbocycles. The lowest BCUT2D eigenvalue weighted by Crippen LogP contribution is -2.50. The minimum absolute atomic E-state index is 0.0941. The average molecular weight is 291 g/mol. The number of carboxylic acids is 1. The van der Waals surface area contributed by atoms with Crippen LogP contribution in [-0.4, -0.2) is 35.7 Å². The van der Waals surface area contributed by atoms with Crippen LogP contribution in [0, 0.1) is 6.92 Å². The molecule has 1 heterocycles. The molecule has 1 aliphatic rings. The lowest BCUT2D eigenvalue weighted by Gasteiger charge is -2.27. The lowest BCUT2D eigenvalue weighted by atomic mass is 9.93. The predicted octanol–water partition coefficient (Wildman–Crippen LogP) is 1.68. The van der Waals surface area contributed by atoms with Gasteiger partial charge in [-0.05, 0) is 30.9 Å². The molecule has 0 bridgehead atoms. The molecule has 1 unspecified atom stereocenters. The third-order valence-corrected chi connectivity index (χ3v) is 3.88. The van der Waals surface area contributed by atoms with Crippen LogP contribution in [0.3, 0.4) is 0 Å². The Morgan fingerprint density at radius 2 is 2.14 bits per heavy atom. The Balaban J connectivity index is 1.91. The van der Waals surface area contributed by atoms with E-state index in [0.29, 0.717) is 25.9 Å². The molecular formula is C16H21NO4. The molecule has 1 aromatic rings. The second kappa shape index (κ2) is 6.72. The summed E-state index contributed by atoms with van der Waals surface area (Å²) in [6.07, 6.45) is 1.47. The van der Waals surface area contributed by atoms with Crippen molar-refractivity contribution >= 4 is 11.9 Å². The molecule has 21 heavy (non-hydrogen) atoms. The predicted molar refractivity (Wildman–Crippen MR) is 78.1 cm³/mol. The minimum Gasteiger partial charge on any atom is -0.481 e. The van der Waals surface area contributed by atoms with Crippen LogP contribution in [0.5, 0.6) is 0 Å². The first kappa shape index (κ1) is 15.5. The van der Waals surface area contributed by atoms with E-state index in [1.54, 1.807) is 0 Å². The van der Waals surface area contributed by atoms with E-state index < -0.39 is 11.5 Å². The Bertz CT molecular complexity index is 521. The highest BCUT2D eigenvalue weighted by molar-refractivity contribution is 5.78. The van der Waals surface area contributed by atoms with Gasteiger partial charge in [0.2, 0.25) is 5.91 Å². The molecule has 2 N–H and O–H groups in total. The normalized spacial score (nSPS) is 21.2. The van der Waals surface area contributed by atoms with Crippen molar-refractivity contribution in [3.63, 3.8) is 0 Å². The van der Waals surface area contributed by atoms with Gasteiger partial charge < -0.3 is 15.2 Å². The molecule has 1 aromatic carbocycles. The highest BCUT2D eigenvalue weighted by atomic mass is 16.5. The molecule has 2 rings (SSSR count). The van der Waals surface area contributed by atoms with Gasteiger partial charge in [-0.3, -0.25) is 9.59 Å². The zero-order chi connectivity index (χ0) is 15.3. The van der Waals surface area contributed by atoms with Gasteiger partial charge in [0.1, 0.15) is 0 Å². The monoisotopic (exact) mass is 291 g/mol. The van der Waals surface area contributed by atoms with Crippen LogP contribution in [0.1, 0.15) is 30.4 Å². The van der Waals surface area contributed by atoms with E-state index in [1.165, 1.54) is 0 Å². The van der Waals surface area contributed by atoms with Gasteiger partial charge >= 0.3 is 5.97 Å². The highest BCUT2D eigenvalue weighted by Gasteiger charge is 2.38. The van der Waals surface area contributed by atoms with Crippen molar-refractivity contribution in [1.82, 2.24) is 5.32 Å². The number of hydrogen-bond donors (Lipinski definition) is 2. The standard InChI is InChI=1S/C16H21NO4/c1-12-4-2-3-5-13(12)6-7-14(18)17-16(10-15(19)20)8-9-21-11-16/h2-5H,6-11H2,1H3,(H,17,18)(H,19,20). The van der Waals surface area contributed by atoms with Gasteiger partial charge in [0.25, 0.3) is 0 Å². The van der Waals surface area contributed by atoms with Crippen LogP contribution >= 0.6 is 0 Å². The Morgan fingerprint density at radius 3 is 2.76 bits per heavy atom. The molecule has 1 amide bonds. The van der Waals surface area contributed by atoms with Crippen LogP contribution < -0.4 is 5.32 Å². The van der Waals surface area contributed by atoms with E-state index in [1.807, 2.05) is 31.2 Å². The summed E-state index contributed by atoms with van der Waals surface area (Å²) < 4.78 is 5.27. The number of amides is 1. The van der Waals surface area contributed by atoms with Crippen LogP contribution in [0.15, 0.2) is 24.3 Å². The molecule has 1 saturated heterocycles. The molecule has 1 aliphatic heterocycles. The van der Waals surface area contributed by atoms with Gasteiger partial charge in [0, 0.05) is 13.0 Å². The number of carboxylic acid groups (broad SMARTS) is 1. The van der Waals surface area contributed by atoms with Crippen LogP contribution in [-0.2, 0) is 20.7 Å². The largest absolute Gasteiger partial charge is 0.481 e. The van der Waals surface area contributed by atoms with E-state index >= 15 is 0 Å². The fraction of sp³-hybridized carbons (Fsp3) is 0.500. The number of carbonyl (C=O) groups excluding carboxylic acids is 1. The maximum Gasteiger partial charge on any atom is 0.305 e. The SMILES string of the molecule is Cc1ccccc1CCC(=O)NC1(CC(=O)O)CCOC1. The summed E-state index contributed by atoms with van der Waals surface area (Å²) >= 11 is 0. The number of aliphatic carboxylic acids is 1. The number of aryl methyl sites for hydroxylation is 2. The van der Waals surface area contributed by atoms with Gasteiger partial charge in [-0.1, -0.05) is 24.3 Å². The molecule has 1 atom stereocenters. The fourth-order valence-electron chi connectivity index (χ4n) is 2.68. The summed E-state index contributed by atoms with van der Waals surface area (Å²) in [4.78, 5) is 23.1. The number of hydrogen-bond acceptors (Lipinski definition) is 3. The molecular weight excluding hydrogens is 270 g/mol. The summed E-state index contributed by atoms with van der Waals surface area (Å²) in [6, 6.07) is 7.95. The molecule has 5 nitrogen and oxygen atoms in total. The van der Waals surface area contributed by atoms with Gasteiger partial charge in [-0.15, -0.1) is 0 Å². The zero-order valence-electron chi connectivity index (χ0n) is 12.2. The first-order valence-electron chi connectivity index (χ1n) is 7.16. The number of rotatable bonds is 6. The van der Waals surface area contributed by atoms with E-state index in [4.69, 9.17) is 9.84 Å². The number of ether oxygens (including phenoxy) is 1. The second-order valence-corrected chi connectivity index (χ2v) is 5.63. The molecule has 0 aromatic heterocycles. The number of benzene rings is 1. The summed E-state index contributed by atoms with van der Waals surface area (Å²) in [7, 11) is 0. The Morgan fingerprint density at radius 1 is 1.38 bits per heavy atom. The summed E-state index contributed by atoms with van der Waals surface area (Å²) in [5, 5.41) is 11.9. The van der Waals surface area contributed by atoms with Crippen molar-refractivity contribution in [3.8, 4) is 0 Å². The van der Waals surface area contributed by atoms with Gasteiger partial charge in [0.15, 0.2) is 0 Å². The van der Waals surface area contributed by atoms with Crippen molar-refractivity contribution < 1.29 is 19.4 Å². The minimum atomic E-state index is -0.917. The quantitative estimate of drug-likeness (QED) is 0.836. The van der Waals surface area contributed by atoms with Crippen LogP contribution in [0.4, 0.5) is 0 Å². The molecule has 5 heteroatoms. The van der Waals surface area contributed by atoms with Crippen LogP contribution in [0.2, 0.25) is 0 Å². The fourth-order valence-corrected chi connectivity index (χ4v) is 2.68. The van der Waals surface area contributed by atoms with Crippen molar-refractivity contribution in [2.75, 3.05) is 13.2 Å². The van der Waals surface area contributed by atoms with Gasteiger partial charge in [-0.2, -0.15) is 0 Å². The molecule has 114 valence electrons. The molecule has 0 radical (unpaired) electrons. The third-order valence-electron chi connectivity index (χ3n) is 3.88. The van der Waals surface area contributed by atoms with Crippen molar-refractivity contribution in [3.05, 3.63) is 35.4 Å². The summed E-state index contributed by atoms with van der Waals surface area (Å²) in [5.74, 6) is -1.04. The number of carbonyl (C=O) groups is 2. The smallest absolute Gasteiger partial charge is 0.305 e. The Hall–Kier alpha value is -1.88. The van der Waals surface area contributed by atoms with Crippen molar-refractivity contribution in [2.45, 2.75) is 38.1 Å². The summed E-state index contributed by atoms with van der Waals surface area (Å²) in [6.45, 7) is 2.78. The number of nitrogens with one attached hydrogen (secondary N) is 1.